The van der Waals surface area contributed by atoms with Crippen LogP contribution in [0.5, 0.6) is 0 Å². The molecule has 0 saturated carbocycles. The van der Waals surface area contributed by atoms with E-state index in [9.17, 15) is 9.59 Å². The van der Waals surface area contributed by atoms with Gasteiger partial charge in [0, 0.05) is 21.3 Å². The molecule has 0 aromatic rings. The zero-order chi connectivity index (χ0) is 12.3. The molecular weight excluding hydrogens is 220 g/mol. The lowest BCUT2D eigenvalue weighted by atomic mass is 10.1. The van der Waals surface area contributed by atoms with Crippen molar-refractivity contribution in [1.29, 1.82) is 0 Å². The molecule has 0 bridgehead atoms. The second-order valence-corrected chi connectivity index (χ2v) is 3.25. The molecule has 1 rings (SSSR count). The number of carbonyl (C=O) groups is 2. The first-order chi connectivity index (χ1) is 7.56. The van der Waals surface area contributed by atoms with Crippen LogP contribution in [0.2, 0.25) is 0 Å². The summed E-state index contributed by atoms with van der Waals surface area (Å²) < 4.78 is 19.5. The first-order valence-corrected chi connectivity index (χ1v) is 4.58. The van der Waals surface area contributed by atoms with Gasteiger partial charge in [0.15, 0.2) is 18.3 Å². The number of ether oxygens (including phenoxy) is 4. The molecule has 0 aromatic carbocycles. The van der Waals surface area contributed by atoms with Crippen molar-refractivity contribution < 1.29 is 33.6 Å². The monoisotopic (exact) mass is 234 g/mol. The number of cyclic esters (lactones) is 1. The SMILES string of the molecule is CO[C@H]1[C@H]([C@H](OC)C(=O)O)OC(=O)[C@@H]1OC. The molecule has 16 heavy (non-hydrogen) atoms. The molecule has 0 radical (unpaired) electrons. The van der Waals surface area contributed by atoms with Crippen LogP contribution >= 0.6 is 0 Å². The first-order valence-electron chi connectivity index (χ1n) is 4.58. The molecule has 0 aromatic heterocycles. The minimum atomic E-state index is -1.27. The number of carboxylic acid groups (broad SMARTS) is 1. The maximum absolute atomic E-state index is 11.4. The molecule has 0 aliphatic carbocycles. The number of hydrogen-bond donors (Lipinski definition) is 1. The number of hydrogen-bond acceptors (Lipinski definition) is 6. The number of carbonyl (C=O) groups excluding carboxylic acids is 1. The molecule has 1 aliphatic rings. The predicted molar refractivity (Wildman–Crippen MR) is 49.9 cm³/mol. The predicted octanol–water partition coefficient (Wildman–Crippen LogP) is -0.959. The van der Waals surface area contributed by atoms with Gasteiger partial charge in [-0.1, -0.05) is 0 Å². The quantitative estimate of drug-likeness (QED) is 0.612. The van der Waals surface area contributed by atoms with Crippen molar-refractivity contribution in [3.8, 4) is 0 Å². The molecule has 92 valence electrons. The van der Waals surface area contributed by atoms with Crippen molar-refractivity contribution in [3.63, 3.8) is 0 Å². The van der Waals surface area contributed by atoms with E-state index in [1.807, 2.05) is 0 Å². The highest BCUT2D eigenvalue weighted by Gasteiger charge is 2.51. The fourth-order valence-electron chi connectivity index (χ4n) is 1.67. The number of rotatable bonds is 5. The van der Waals surface area contributed by atoms with Crippen molar-refractivity contribution in [1.82, 2.24) is 0 Å². The van der Waals surface area contributed by atoms with Gasteiger partial charge in [-0.3, -0.25) is 0 Å². The van der Waals surface area contributed by atoms with Gasteiger partial charge in [0.1, 0.15) is 6.10 Å². The minimum absolute atomic E-state index is 0.650. The Morgan fingerprint density at radius 1 is 1.38 bits per heavy atom. The van der Waals surface area contributed by atoms with Gasteiger partial charge < -0.3 is 24.1 Å². The number of carboxylic acids is 1. The number of methoxy groups -OCH3 is 3. The van der Waals surface area contributed by atoms with Gasteiger partial charge in [0.05, 0.1) is 0 Å². The van der Waals surface area contributed by atoms with Crippen molar-refractivity contribution >= 4 is 11.9 Å². The maximum Gasteiger partial charge on any atom is 0.338 e. The van der Waals surface area contributed by atoms with Crippen LogP contribution in [0.25, 0.3) is 0 Å². The van der Waals surface area contributed by atoms with Crippen LogP contribution in [-0.2, 0) is 28.5 Å². The summed E-state index contributed by atoms with van der Waals surface area (Å²) in [5.74, 6) is -1.87. The fraction of sp³-hybridized carbons (Fsp3) is 0.778. The topological polar surface area (TPSA) is 91.3 Å². The van der Waals surface area contributed by atoms with E-state index in [-0.39, 0.29) is 0 Å². The van der Waals surface area contributed by atoms with E-state index in [1.54, 1.807) is 0 Å². The number of aliphatic carboxylic acids is 1. The zero-order valence-electron chi connectivity index (χ0n) is 9.21. The lowest BCUT2D eigenvalue weighted by Crippen LogP contribution is -2.45. The Labute approximate surface area is 92.2 Å². The van der Waals surface area contributed by atoms with Crippen molar-refractivity contribution in [3.05, 3.63) is 0 Å². The molecule has 0 amide bonds. The Bertz CT molecular complexity index is 277. The average Bonchev–Trinajstić information content (AvgIpc) is 2.54. The summed E-state index contributed by atoms with van der Waals surface area (Å²) >= 11 is 0. The highest BCUT2D eigenvalue weighted by molar-refractivity contribution is 5.81. The molecule has 1 saturated heterocycles. The summed E-state index contributed by atoms with van der Waals surface area (Å²) in [5, 5.41) is 8.88. The first kappa shape index (κ1) is 12.9. The van der Waals surface area contributed by atoms with Crippen LogP contribution in [0, 0.1) is 0 Å². The lowest BCUT2D eigenvalue weighted by Gasteiger charge is -2.22. The molecule has 0 unspecified atom stereocenters. The molecule has 1 N–H and O–H groups in total. The molecule has 1 fully saturated rings. The Morgan fingerprint density at radius 2 is 2.00 bits per heavy atom. The highest BCUT2D eigenvalue weighted by atomic mass is 16.6. The van der Waals surface area contributed by atoms with E-state index in [4.69, 9.17) is 24.1 Å². The largest absolute Gasteiger partial charge is 0.479 e. The second kappa shape index (κ2) is 5.24. The average molecular weight is 234 g/mol. The third-order valence-corrected chi connectivity index (χ3v) is 2.43. The van der Waals surface area contributed by atoms with Crippen LogP contribution in [0.1, 0.15) is 0 Å². The molecule has 7 heteroatoms. The molecule has 0 spiro atoms. The molecule has 1 heterocycles. The van der Waals surface area contributed by atoms with Crippen molar-refractivity contribution in [2.75, 3.05) is 21.3 Å². The lowest BCUT2D eigenvalue weighted by molar-refractivity contribution is -0.165. The standard InChI is InChI=1S/C9H14O7/c1-13-4-5(6(14-2)8(10)11)16-9(12)7(4)15-3/h4-7H,1-3H3,(H,10,11)/t4-,5+,6-,7+/m0/s1. The van der Waals surface area contributed by atoms with Gasteiger partial charge in [0.25, 0.3) is 0 Å². The third-order valence-electron chi connectivity index (χ3n) is 2.43. The summed E-state index contributed by atoms with van der Waals surface area (Å²) in [4.78, 5) is 22.2. The van der Waals surface area contributed by atoms with Crippen LogP contribution < -0.4 is 0 Å². The Balaban J connectivity index is 2.88. The Kier molecular flexibility index (Phi) is 4.22. The van der Waals surface area contributed by atoms with E-state index in [2.05, 4.69) is 0 Å². The summed E-state index contributed by atoms with van der Waals surface area (Å²) in [6.45, 7) is 0. The van der Waals surface area contributed by atoms with Gasteiger partial charge in [-0.25, -0.2) is 9.59 Å². The normalized spacial score (nSPS) is 31.2. The molecule has 7 nitrogen and oxygen atoms in total. The smallest absolute Gasteiger partial charge is 0.338 e. The summed E-state index contributed by atoms with van der Waals surface area (Å²) in [6.07, 6.45) is -4.00. The van der Waals surface area contributed by atoms with E-state index in [0.29, 0.717) is 0 Å². The highest BCUT2D eigenvalue weighted by Crippen LogP contribution is 2.24. The van der Waals surface area contributed by atoms with Gasteiger partial charge in [-0.15, -0.1) is 0 Å². The van der Waals surface area contributed by atoms with Gasteiger partial charge in [-0.05, 0) is 0 Å². The van der Waals surface area contributed by atoms with Crippen LogP contribution in [0.3, 0.4) is 0 Å². The minimum Gasteiger partial charge on any atom is -0.479 e. The van der Waals surface area contributed by atoms with Crippen molar-refractivity contribution in [2.24, 2.45) is 0 Å². The van der Waals surface area contributed by atoms with Crippen molar-refractivity contribution in [2.45, 2.75) is 24.4 Å². The van der Waals surface area contributed by atoms with Crippen LogP contribution in [0.4, 0.5) is 0 Å². The molecule has 4 atom stereocenters. The zero-order valence-corrected chi connectivity index (χ0v) is 9.21. The van der Waals surface area contributed by atoms with E-state index in [1.165, 1.54) is 21.3 Å². The summed E-state index contributed by atoms with van der Waals surface area (Å²) in [5.41, 5.74) is 0. The number of esters is 1. The van der Waals surface area contributed by atoms with Gasteiger partial charge >= 0.3 is 11.9 Å². The summed E-state index contributed by atoms with van der Waals surface area (Å²) in [7, 11) is 3.89. The van der Waals surface area contributed by atoms with E-state index in [0.717, 1.165) is 0 Å². The molecule has 1 aliphatic heterocycles. The van der Waals surface area contributed by atoms with Gasteiger partial charge in [0.2, 0.25) is 0 Å². The maximum atomic E-state index is 11.4. The Hall–Kier alpha value is -1.18. The Morgan fingerprint density at radius 3 is 2.38 bits per heavy atom. The second-order valence-electron chi connectivity index (χ2n) is 3.25. The van der Waals surface area contributed by atoms with Crippen LogP contribution in [-0.4, -0.2) is 62.8 Å². The van der Waals surface area contributed by atoms with Crippen LogP contribution in [0.15, 0.2) is 0 Å². The fourth-order valence-corrected chi connectivity index (χ4v) is 1.67. The third kappa shape index (κ3) is 2.16. The molecular formula is C9H14O7. The van der Waals surface area contributed by atoms with E-state index < -0.39 is 36.4 Å². The summed E-state index contributed by atoms with van der Waals surface area (Å²) in [6, 6.07) is 0. The van der Waals surface area contributed by atoms with E-state index >= 15 is 0 Å². The van der Waals surface area contributed by atoms with Gasteiger partial charge in [-0.2, -0.15) is 0 Å².